The van der Waals surface area contributed by atoms with Gasteiger partial charge in [-0.2, -0.15) is 0 Å². The highest BCUT2D eigenvalue weighted by atomic mass is 32.2. The Bertz CT molecular complexity index is 835. The summed E-state index contributed by atoms with van der Waals surface area (Å²) in [6.45, 7) is 13.0. The fourth-order valence-electron chi connectivity index (χ4n) is 3.22. The summed E-state index contributed by atoms with van der Waals surface area (Å²) in [7, 11) is 0. The van der Waals surface area contributed by atoms with Gasteiger partial charge in [0.25, 0.3) is 5.56 Å². The van der Waals surface area contributed by atoms with Gasteiger partial charge in [0, 0.05) is 18.6 Å². The zero-order valence-electron chi connectivity index (χ0n) is 17.2. The quantitative estimate of drug-likeness (QED) is 0.502. The van der Waals surface area contributed by atoms with Gasteiger partial charge in [-0.1, -0.05) is 37.7 Å². The lowest BCUT2D eigenvalue weighted by molar-refractivity contribution is -0.131. The van der Waals surface area contributed by atoms with E-state index in [1.54, 1.807) is 4.57 Å². The molecule has 0 unspecified atom stereocenters. The average molecular weight is 390 g/mol. The number of para-hydroxylation sites is 1. The van der Waals surface area contributed by atoms with E-state index in [-0.39, 0.29) is 29.3 Å². The van der Waals surface area contributed by atoms with Gasteiger partial charge >= 0.3 is 0 Å². The molecular weight excluding hydrogens is 358 g/mol. The summed E-state index contributed by atoms with van der Waals surface area (Å²) >= 11 is 1.36. The molecular formula is C21H31N3O2S. The number of nitrogens with zero attached hydrogens (tertiary/aromatic N) is 3. The zero-order chi connectivity index (χ0) is 20.1. The van der Waals surface area contributed by atoms with E-state index in [0.717, 1.165) is 6.42 Å². The van der Waals surface area contributed by atoms with Gasteiger partial charge in [-0.05, 0) is 52.2 Å². The Hall–Kier alpha value is -1.82. The number of carbonyl (C=O) groups excluding carboxylic acids is 1. The van der Waals surface area contributed by atoms with E-state index >= 15 is 0 Å². The molecule has 1 amide bonds. The van der Waals surface area contributed by atoms with Crippen LogP contribution in [0.15, 0.2) is 34.2 Å². The highest BCUT2D eigenvalue weighted by molar-refractivity contribution is 7.99. The summed E-state index contributed by atoms with van der Waals surface area (Å²) in [6.07, 6.45) is 0.894. The highest BCUT2D eigenvalue weighted by Gasteiger charge is 2.21. The standard InChI is InChI=1S/C21H31N3O2S/c1-14(2)11-12-23-20(26)17-9-7-8-10-18(17)22-21(23)27-13-19(25)24(15(3)4)16(5)6/h7-10,14-16H,11-13H2,1-6H3. The normalized spacial score (nSPS) is 11.7. The molecule has 27 heavy (non-hydrogen) atoms. The number of hydrogen-bond acceptors (Lipinski definition) is 4. The molecule has 0 aliphatic rings. The fourth-order valence-corrected chi connectivity index (χ4v) is 4.11. The van der Waals surface area contributed by atoms with Gasteiger partial charge < -0.3 is 4.90 Å². The molecule has 0 spiro atoms. The molecule has 6 heteroatoms. The minimum absolute atomic E-state index is 0.0271. The molecule has 2 aromatic rings. The third-order valence-corrected chi connectivity index (χ3v) is 5.44. The first-order valence-corrected chi connectivity index (χ1v) is 10.6. The van der Waals surface area contributed by atoms with Crippen LogP contribution in [0.3, 0.4) is 0 Å². The Morgan fingerprint density at radius 3 is 2.33 bits per heavy atom. The SMILES string of the molecule is CC(C)CCn1c(SCC(=O)N(C(C)C)C(C)C)nc2ccccc2c1=O. The lowest BCUT2D eigenvalue weighted by atomic mass is 10.1. The van der Waals surface area contributed by atoms with E-state index in [9.17, 15) is 9.59 Å². The van der Waals surface area contributed by atoms with E-state index < -0.39 is 0 Å². The van der Waals surface area contributed by atoms with Crippen molar-refractivity contribution in [2.75, 3.05) is 5.75 Å². The lowest BCUT2D eigenvalue weighted by Gasteiger charge is -2.30. The Kier molecular flexibility index (Phi) is 7.48. The summed E-state index contributed by atoms with van der Waals surface area (Å²) in [5, 5.41) is 1.25. The van der Waals surface area contributed by atoms with Gasteiger partial charge in [0.1, 0.15) is 0 Å². The molecule has 0 bridgehead atoms. The molecule has 5 nitrogen and oxygen atoms in total. The number of benzene rings is 1. The molecule has 1 heterocycles. The summed E-state index contributed by atoms with van der Waals surface area (Å²) in [4.78, 5) is 32.3. The number of amides is 1. The summed E-state index contributed by atoms with van der Waals surface area (Å²) in [5.41, 5.74) is 0.656. The molecule has 0 aliphatic carbocycles. The van der Waals surface area contributed by atoms with E-state index in [1.807, 2.05) is 56.9 Å². The van der Waals surface area contributed by atoms with Gasteiger partial charge in [-0.25, -0.2) is 4.98 Å². The number of aromatic nitrogens is 2. The van der Waals surface area contributed by atoms with Crippen LogP contribution >= 0.6 is 11.8 Å². The highest BCUT2D eigenvalue weighted by Crippen LogP contribution is 2.20. The minimum Gasteiger partial charge on any atom is -0.337 e. The first-order valence-electron chi connectivity index (χ1n) is 9.65. The maximum Gasteiger partial charge on any atom is 0.262 e. The largest absolute Gasteiger partial charge is 0.337 e. The third-order valence-electron chi connectivity index (χ3n) is 4.48. The monoisotopic (exact) mass is 389 g/mol. The van der Waals surface area contributed by atoms with Crippen molar-refractivity contribution < 1.29 is 4.79 Å². The Morgan fingerprint density at radius 1 is 1.11 bits per heavy atom. The van der Waals surface area contributed by atoms with Gasteiger partial charge in [0.05, 0.1) is 16.7 Å². The molecule has 148 valence electrons. The predicted octanol–water partition coefficient (Wildman–Crippen LogP) is 4.18. The van der Waals surface area contributed by atoms with Crippen LogP contribution in [-0.4, -0.2) is 38.2 Å². The molecule has 0 saturated carbocycles. The Morgan fingerprint density at radius 2 is 1.74 bits per heavy atom. The number of thioether (sulfide) groups is 1. The van der Waals surface area contributed by atoms with Gasteiger partial charge in [-0.3, -0.25) is 14.2 Å². The van der Waals surface area contributed by atoms with Crippen molar-refractivity contribution in [1.82, 2.24) is 14.5 Å². The van der Waals surface area contributed by atoms with Crippen LogP contribution in [-0.2, 0) is 11.3 Å². The summed E-state index contributed by atoms with van der Waals surface area (Å²) in [5.74, 6) is 0.839. The lowest BCUT2D eigenvalue weighted by Crippen LogP contribution is -2.43. The van der Waals surface area contributed by atoms with E-state index in [4.69, 9.17) is 4.98 Å². The molecule has 1 aromatic carbocycles. The maximum absolute atomic E-state index is 13.0. The second-order valence-electron chi connectivity index (χ2n) is 7.83. The van der Waals surface area contributed by atoms with Gasteiger partial charge in [0.15, 0.2) is 5.16 Å². The van der Waals surface area contributed by atoms with Crippen molar-refractivity contribution >= 4 is 28.6 Å². The smallest absolute Gasteiger partial charge is 0.262 e. The molecule has 0 atom stereocenters. The molecule has 0 N–H and O–H groups in total. The predicted molar refractivity (Wildman–Crippen MR) is 113 cm³/mol. The number of carbonyl (C=O) groups is 1. The van der Waals surface area contributed by atoms with Crippen LogP contribution in [0.25, 0.3) is 10.9 Å². The van der Waals surface area contributed by atoms with Crippen LogP contribution in [0, 0.1) is 5.92 Å². The van der Waals surface area contributed by atoms with Gasteiger partial charge in [0.2, 0.25) is 5.91 Å². The van der Waals surface area contributed by atoms with Crippen molar-refractivity contribution in [2.45, 2.75) is 71.7 Å². The van der Waals surface area contributed by atoms with Crippen LogP contribution in [0.2, 0.25) is 0 Å². The van der Waals surface area contributed by atoms with Crippen LogP contribution in [0.5, 0.6) is 0 Å². The van der Waals surface area contributed by atoms with Crippen LogP contribution in [0.1, 0.15) is 48.0 Å². The zero-order valence-corrected chi connectivity index (χ0v) is 18.0. The van der Waals surface area contributed by atoms with Gasteiger partial charge in [-0.15, -0.1) is 0 Å². The summed E-state index contributed by atoms with van der Waals surface area (Å²) < 4.78 is 1.73. The average Bonchev–Trinajstić information content (AvgIpc) is 2.58. The summed E-state index contributed by atoms with van der Waals surface area (Å²) in [6, 6.07) is 7.69. The number of fused-ring (bicyclic) bond motifs is 1. The second-order valence-corrected chi connectivity index (χ2v) is 8.77. The molecule has 0 saturated heterocycles. The van der Waals surface area contributed by atoms with Crippen LogP contribution < -0.4 is 5.56 Å². The number of hydrogen-bond donors (Lipinski definition) is 0. The Balaban J connectivity index is 2.34. The minimum atomic E-state index is -0.0271. The van der Waals surface area contributed by atoms with E-state index in [2.05, 4.69) is 13.8 Å². The van der Waals surface area contributed by atoms with Crippen molar-refractivity contribution in [3.8, 4) is 0 Å². The van der Waals surface area contributed by atoms with Crippen molar-refractivity contribution in [3.05, 3.63) is 34.6 Å². The second kappa shape index (κ2) is 9.40. The molecule has 0 fully saturated rings. The Labute approximate surface area is 166 Å². The van der Waals surface area contributed by atoms with Crippen molar-refractivity contribution in [1.29, 1.82) is 0 Å². The first-order chi connectivity index (χ1) is 12.7. The first kappa shape index (κ1) is 21.5. The topological polar surface area (TPSA) is 55.2 Å². The third kappa shape index (κ3) is 5.34. The molecule has 0 radical (unpaired) electrons. The number of rotatable bonds is 8. The van der Waals surface area contributed by atoms with E-state index in [1.165, 1.54) is 11.8 Å². The fraction of sp³-hybridized carbons (Fsp3) is 0.571. The van der Waals surface area contributed by atoms with Crippen molar-refractivity contribution in [2.24, 2.45) is 5.92 Å². The maximum atomic E-state index is 13.0. The van der Waals surface area contributed by atoms with Crippen molar-refractivity contribution in [3.63, 3.8) is 0 Å². The van der Waals surface area contributed by atoms with E-state index in [0.29, 0.717) is 28.5 Å². The molecule has 2 rings (SSSR count). The molecule has 0 aliphatic heterocycles. The molecule has 1 aromatic heterocycles. The van der Waals surface area contributed by atoms with Crippen LogP contribution in [0.4, 0.5) is 0 Å².